The van der Waals surface area contributed by atoms with Crippen molar-refractivity contribution in [2.75, 3.05) is 61.1 Å². The number of likely N-dealkylation sites (N-methyl/N-ethyl adjacent to an activating group) is 1. The predicted molar refractivity (Wildman–Crippen MR) is 152 cm³/mol. The van der Waals surface area contributed by atoms with Crippen LogP contribution in [0.4, 0.5) is 0 Å². The minimum atomic E-state index is -1.00. The maximum absolute atomic E-state index is 11.6. The van der Waals surface area contributed by atoms with Gasteiger partial charge in [0, 0.05) is 64.4 Å². The van der Waals surface area contributed by atoms with Crippen molar-refractivity contribution in [2.24, 2.45) is 5.92 Å². The number of aliphatic carboxylic acids is 1. The second-order valence-electron chi connectivity index (χ2n) is 9.21. The van der Waals surface area contributed by atoms with E-state index in [0.29, 0.717) is 18.2 Å². The molecule has 1 amide bonds. The Morgan fingerprint density at radius 1 is 1.24 bits per heavy atom. The van der Waals surface area contributed by atoms with Gasteiger partial charge in [0.05, 0.1) is 12.7 Å². The molecule has 0 bridgehead atoms. The van der Waals surface area contributed by atoms with E-state index in [1.54, 1.807) is 39.2 Å². The number of carboxylic acids is 1. The number of nitrogens with zero attached hydrogens (tertiary/aromatic N) is 3. The molecule has 0 spiro atoms. The highest BCUT2D eigenvalue weighted by molar-refractivity contribution is 5.89. The molecule has 210 valence electrons. The first kappa shape index (κ1) is 32.7. The maximum atomic E-state index is 11.6. The van der Waals surface area contributed by atoms with Gasteiger partial charge >= 0.3 is 5.97 Å². The molecular formula is C30H45N3O5. The molecule has 1 saturated heterocycles. The summed E-state index contributed by atoms with van der Waals surface area (Å²) in [5.74, 6) is 0.181. The van der Waals surface area contributed by atoms with E-state index in [2.05, 4.69) is 53.0 Å². The molecule has 8 heteroatoms. The SMILES string of the molecule is C=C(/C=C\C(=C/C)C(=O)O)N(C=O)CC1CCN(CCC2=C(N(C)CC)C=C(OC)C=C=C2)CC1.COC. The normalized spacial score (nSPS) is 16.5. The van der Waals surface area contributed by atoms with E-state index in [-0.39, 0.29) is 5.57 Å². The number of carbonyl (C=O) groups is 2. The van der Waals surface area contributed by atoms with Crippen LogP contribution in [0.5, 0.6) is 0 Å². The van der Waals surface area contributed by atoms with Crippen LogP contribution in [0.15, 0.2) is 77.1 Å². The van der Waals surface area contributed by atoms with Crippen molar-refractivity contribution in [3.63, 3.8) is 0 Å². The van der Waals surface area contributed by atoms with Crippen LogP contribution in [0.1, 0.15) is 33.1 Å². The molecule has 2 rings (SSSR count). The van der Waals surface area contributed by atoms with Gasteiger partial charge in [0.1, 0.15) is 5.76 Å². The number of carboxylic acid groups (broad SMARTS) is 1. The molecule has 1 N–H and O–H groups in total. The number of carbonyl (C=O) groups excluding carboxylic acids is 1. The number of methoxy groups -OCH3 is 2. The first-order valence-corrected chi connectivity index (χ1v) is 13.0. The van der Waals surface area contributed by atoms with Crippen molar-refractivity contribution >= 4 is 12.4 Å². The summed E-state index contributed by atoms with van der Waals surface area (Å²) >= 11 is 0. The summed E-state index contributed by atoms with van der Waals surface area (Å²) in [6, 6.07) is 0. The molecule has 38 heavy (non-hydrogen) atoms. The molecular weight excluding hydrogens is 482 g/mol. The van der Waals surface area contributed by atoms with Crippen molar-refractivity contribution < 1.29 is 24.2 Å². The molecule has 0 unspecified atom stereocenters. The fourth-order valence-corrected chi connectivity index (χ4v) is 4.16. The molecule has 1 aliphatic carbocycles. The lowest BCUT2D eigenvalue weighted by atomic mass is 9.95. The third-order valence-electron chi connectivity index (χ3n) is 6.58. The first-order chi connectivity index (χ1) is 18.2. The van der Waals surface area contributed by atoms with Crippen LogP contribution >= 0.6 is 0 Å². The number of hydrogen-bond acceptors (Lipinski definition) is 6. The molecule has 2 aliphatic rings. The number of ether oxygens (including phenoxy) is 2. The molecule has 0 aromatic carbocycles. The average Bonchev–Trinajstić information content (AvgIpc) is 3.13. The lowest BCUT2D eigenvalue weighted by Gasteiger charge is -2.34. The first-order valence-electron chi connectivity index (χ1n) is 13.0. The number of piperidine rings is 1. The van der Waals surface area contributed by atoms with Crippen molar-refractivity contribution in [1.29, 1.82) is 0 Å². The average molecular weight is 528 g/mol. The highest BCUT2D eigenvalue weighted by Crippen LogP contribution is 2.23. The number of allylic oxidation sites excluding steroid dienone is 4. The van der Waals surface area contributed by atoms with Gasteiger partial charge in [-0.05, 0) is 75.9 Å². The molecule has 0 aromatic rings. The number of likely N-dealkylation sites (tertiary alicyclic amines) is 1. The zero-order valence-electron chi connectivity index (χ0n) is 23.9. The molecule has 0 radical (unpaired) electrons. The number of amides is 1. The Hall–Kier alpha value is -3.32. The molecule has 0 atom stereocenters. The molecule has 1 fully saturated rings. The Balaban J connectivity index is 0.00000229. The van der Waals surface area contributed by atoms with Crippen LogP contribution in [0.3, 0.4) is 0 Å². The third-order valence-corrected chi connectivity index (χ3v) is 6.58. The van der Waals surface area contributed by atoms with Gasteiger partial charge in [0.25, 0.3) is 0 Å². The summed E-state index contributed by atoms with van der Waals surface area (Å²) in [6.45, 7) is 12.2. The lowest BCUT2D eigenvalue weighted by Crippen LogP contribution is -2.38. The van der Waals surface area contributed by atoms with Crippen LogP contribution in [0.2, 0.25) is 0 Å². The quantitative estimate of drug-likeness (QED) is 0.165. The van der Waals surface area contributed by atoms with Gasteiger partial charge in [0.15, 0.2) is 0 Å². The Morgan fingerprint density at radius 3 is 2.42 bits per heavy atom. The van der Waals surface area contributed by atoms with Crippen LogP contribution in [-0.4, -0.2) is 93.3 Å². The van der Waals surface area contributed by atoms with E-state index in [0.717, 1.165) is 63.3 Å². The minimum Gasteiger partial charge on any atom is -0.496 e. The Labute approximate surface area is 228 Å². The summed E-state index contributed by atoms with van der Waals surface area (Å²) in [5, 5.41) is 9.13. The molecule has 1 heterocycles. The van der Waals surface area contributed by atoms with Gasteiger partial charge in [0.2, 0.25) is 6.41 Å². The highest BCUT2D eigenvalue weighted by atomic mass is 16.5. The smallest absolute Gasteiger partial charge is 0.335 e. The molecule has 0 saturated carbocycles. The topological polar surface area (TPSA) is 82.6 Å². The Bertz CT molecular complexity index is 978. The van der Waals surface area contributed by atoms with Crippen molar-refractivity contribution in [3.8, 4) is 0 Å². The van der Waals surface area contributed by atoms with Crippen LogP contribution in [-0.2, 0) is 19.1 Å². The summed E-state index contributed by atoms with van der Waals surface area (Å²) in [5.41, 5.74) is 6.31. The highest BCUT2D eigenvalue weighted by Gasteiger charge is 2.22. The largest absolute Gasteiger partial charge is 0.496 e. The van der Waals surface area contributed by atoms with Crippen LogP contribution in [0.25, 0.3) is 0 Å². The van der Waals surface area contributed by atoms with Crippen molar-refractivity contribution in [1.82, 2.24) is 14.7 Å². The fourth-order valence-electron chi connectivity index (χ4n) is 4.16. The van der Waals surface area contributed by atoms with Gasteiger partial charge in [-0.25, -0.2) is 4.79 Å². The second kappa shape index (κ2) is 18.0. The van der Waals surface area contributed by atoms with Crippen molar-refractivity contribution in [2.45, 2.75) is 33.1 Å². The molecule has 1 aliphatic heterocycles. The molecule has 8 nitrogen and oxygen atoms in total. The Morgan fingerprint density at radius 2 is 1.89 bits per heavy atom. The summed E-state index contributed by atoms with van der Waals surface area (Å²) in [6.07, 6.45) is 14.3. The van der Waals surface area contributed by atoms with E-state index in [1.165, 1.54) is 17.7 Å². The summed E-state index contributed by atoms with van der Waals surface area (Å²) in [7, 11) is 7.02. The van der Waals surface area contributed by atoms with Crippen LogP contribution < -0.4 is 0 Å². The van der Waals surface area contributed by atoms with E-state index in [4.69, 9.17) is 9.84 Å². The van der Waals surface area contributed by atoms with Gasteiger partial charge in [-0.15, -0.1) is 5.73 Å². The van der Waals surface area contributed by atoms with Gasteiger partial charge < -0.3 is 29.3 Å². The minimum absolute atomic E-state index is 0.168. The molecule has 0 aromatic heterocycles. The number of hydrogen-bond donors (Lipinski definition) is 1. The fraction of sp³-hybridized carbons (Fsp3) is 0.500. The summed E-state index contributed by atoms with van der Waals surface area (Å²) in [4.78, 5) is 29.1. The Kier molecular flexibility index (Phi) is 15.5. The van der Waals surface area contributed by atoms with E-state index >= 15 is 0 Å². The van der Waals surface area contributed by atoms with E-state index in [1.807, 2.05) is 6.08 Å². The zero-order valence-corrected chi connectivity index (χ0v) is 23.9. The maximum Gasteiger partial charge on any atom is 0.335 e. The zero-order chi connectivity index (χ0) is 28.5. The monoisotopic (exact) mass is 527 g/mol. The van der Waals surface area contributed by atoms with Gasteiger partial charge in [-0.3, -0.25) is 4.79 Å². The van der Waals surface area contributed by atoms with E-state index in [9.17, 15) is 9.59 Å². The van der Waals surface area contributed by atoms with Crippen LogP contribution in [0, 0.1) is 5.92 Å². The van der Waals surface area contributed by atoms with Gasteiger partial charge in [-0.2, -0.15) is 0 Å². The third kappa shape index (κ3) is 11.0. The lowest BCUT2D eigenvalue weighted by molar-refractivity contribution is -0.132. The van der Waals surface area contributed by atoms with Gasteiger partial charge in [-0.1, -0.05) is 12.7 Å². The predicted octanol–water partition coefficient (Wildman–Crippen LogP) is 4.37. The number of rotatable bonds is 13. The standard InChI is InChI=1S/C28H39N3O4.C2H6O/c1-6-24(28(33)34)12-11-22(3)31(21-32)20-23-13-16-30(17-14-23)18-15-25-9-8-10-26(35-5)19-27(25)29(4)7-2;1-3-2/h6,9-12,19,21,23H,3,7,13-18,20H2,1-2,4-5H3,(H,33,34);1-2H3/b12-11-,24-6+;. The van der Waals surface area contributed by atoms with Crippen molar-refractivity contribution in [3.05, 3.63) is 77.1 Å². The second-order valence-corrected chi connectivity index (χ2v) is 9.21. The van der Waals surface area contributed by atoms with E-state index < -0.39 is 5.97 Å². The summed E-state index contributed by atoms with van der Waals surface area (Å²) < 4.78 is 9.69.